The van der Waals surface area contributed by atoms with E-state index in [4.69, 9.17) is 0 Å². The van der Waals surface area contributed by atoms with Gasteiger partial charge < -0.3 is 15.2 Å². The molecule has 5 heteroatoms. The van der Waals surface area contributed by atoms with Gasteiger partial charge in [-0.2, -0.15) is 0 Å². The smallest absolute Gasteiger partial charge is 0.243 e. The lowest BCUT2D eigenvalue weighted by atomic mass is 9.97. The molecule has 0 saturated heterocycles. The van der Waals surface area contributed by atoms with Crippen molar-refractivity contribution >= 4 is 33.6 Å². The molecule has 0 aliphatic carbocycles. The van der Waals surface area contributed by atoms with Crippen molar-refractivity contribution in [1.29, 1.82) is 0 Å². The molecule has 0 aliphatic rings. The van der Waals surface area contributed by atoms with Crippen LogP contribution < -0.4 is 10.6 Å². The topological polar surface area (TPSA) is 63.1 Å². The Kier molecular flexibility index (Phi) is 15.7. The van der Waals surface area contributed by atoms with Crippen LogP contribution in [-0.2, 0) is 16.1 Å². The minimum Gasteiger partial charge on any atom is -0.352 e. The Hall–Kier alpha value is -2.82. The highest BCUT2D eigenvalue weighted by Crippen LogP contribution is 2.28. The van der Waals surface area contributed by atoms with Gasteiger partial charge in [0, 0.05) is 27.8 Å². The SMILES string of the molecule is CCCCCCCCCCCCCCCCC(C)NC(=O)C(NC(=O)Cn1c2ccccc2c2ccccc21)C(C)CC. The molecular formula is C38H59N3O2. The second kappa shape index (κ2) is 19.5. The number of nitrogens with one attached hydrogen (secondary N) is 2. The van der Waals surface area contributed by atoms with E-state index in [0.717, 1.165) is 41.1 Å². The predicted molar refractivity (Wildman–Crippen MR) is 183 cm³/mol. The van der Waals surface area contributed by atoms with Crippen LogP contribution in [0.25, 0.3) is 21.8 Å². The zero-order chi connectivity index (χ0) is 30.9. The fourth-order valence-electron chi connectivity index (χ4n) is 6.29. The van der Waals surface area contributed by atoms with Crippen molar-refractivity contribution in [3.8, 4) is 0 Å². The fourth-order valence-corrected chi connectivity index (χ4v) is 6.29. The first-order valence-corrected chi connectivity index (χ1v) is 17.5. The van der Waals surface area contributed by atoms with Crippen molar-refractivity contribution in [2.75, 3.05) is 0 Å². The van der Waals surface area contributed by atoms with E-state index < -0.39 is 6.04 Å². The van der Waals surface area contributed by atoms with Crippen LogP contribution in [0.2, 0.25) is 0 Å². The Bertz CT molecular complexity index is 1180. The zero-order valence-electron chi connectivity index (χ0n) is 27.6. The molecule has 0 spiro atoms. The molecule has 43 heavy (non-hydrogen) atoms. The van der Waals surface area contributed by atoms with E-state index in [0.29, 0.717) is 0 Å². The summed E-state index contributed by atoms with van der Waals surface area (Å²) in [6.45, 7) is 8.67. The van der Waals surface area contributed by atoms with Gasteiger partial charge in [0.25, 0.3) is 0 Å². The van der Waals surface area contributed by atoms with Crippen molar-refractivity contribution in [2.24, 2.45) is 5.92 Å². The number of rotatable bonds is 22. The zero-order valence-corrected chi connectivity index (χ0v) is 27.6. The monoisotopic (exact) mass is 589 g/mol. The first-order valence-electron chi connectivity index (χ1n) is 17.5. The average molecular weight is 590 g/mol. The van der Waals surface area contributed by atoms with Gasteiger partial charge >= 0.3 is 0 Å². The maximum absolute atomic E-state index is 13.3. The average Bonchev–Trinajstić information content (AvgIpc) is 3.32. The van der Waals surface area contributed by atoms with Gasteiger partial charge in [0.15, 0.2) is 0 Å². The van der Waals surface area contributed by atoms with Crippen molar-refractivity contribution < 1.29 is 9.59 Å². The van der Waals surface area contributed by atoms with Crippen molar-refractivity contribution in [2.45, 2.75) is 149 Å². The van der Waals surface area contributed by atoms with E-state index in [1.165, 1.54) is 83.5 Å². The normalized spacial score (nSPS) is 13.7. The van der Waals surface area contributed by atoms with Gasteiger partial charge in [-0.1, -0.05) is 153 Å². The number of carbonyl (C=O) groups excluding carboxylic acids is 2. The molecule has 3 atom stereocenters. The summed E-state index contributed by atoms with van der Waals surface area (Å²) >= 11 is 0. The highest BCUT2D eigenvalue weighted by atomic mass is 16.2. The Morgan fingerprint density at radius 2 is 1.12 bits per heavy atom. The van der Waals surface area contributed by atoms with E-state index >= 15 is 0 Å². The summed E-state index contributed by atoms with van der Waals surface area (Å²) in [6, 6.07) is 15.9. The summed E-state index contributed by atoms with van der Waals surface area (Å²) in [5.41, 5.74) is 2.07. The minimum absolute atomic E-state index is 0.0513. The quantitative estimate of drug-likeness (QED) is 0.115. The number of nitrogens with zero attached hydrogens (tertiary/aromatic N) is 1. The van der Waals surface area contributed by atoms with Gasteiger partial charge in [-0.05, 0) is 31.4 Å². The van der Waals surface area contributed by atoms with Gasteiger partial charge in [0.2, 0.25) is 11.8 Å². The Labute approximate surface area is 261 Å². The van der Waals surface area contributed by atoms with Crippen LogP contribution in [0.4, 0.5) is 0 Å². The van der Waals surface area contributed by atoms with Crippen LogP contribution >= 0.6 is 0 Å². The summed E-state index contributed by atoms with van der Waals surface area (Å²) < 4.78 is 2.06. The van der Waals surface area contributed by atoms with Crippen LogP contribution in [-0.4, -0.2) is 28.5 Å². The number of aromatic nitrogens is 1. The molecule has 2 aromatic carbocycles. The van der Waals surface area contributed by atoms with Crippen LogP contribution in [0.5, 0.6) is 0 Å². The first kappa shape index (κ1) is 34.7. The second-order valence-corrected chi connectivity index (χ2v) is 12.8. The number of para-hydroxylation sites is 2. The van der Waals surface area contributed by atoms with Gasteiger partial charge in [0.1, 0.15) is 12.6 Å². The standard InChI is InChI=1S/C38H59N3O2/c1-5-7-8-9-10-11-12-13-14-15-16-17-18-19-24-31(4)39-38(43)37(30(3)6-2)40-36(42)29-41-34-27-22-20-25-32(34)33-26-21-23-28-35(33)41/h20-23,25-28,30-31,37H,5-19,24,29H2,1-4H3,(H,39,43)(H,40,42). The highest BCUT2D eigenvalue weighted by Gasteiger charge is 2.27. The maximum Gasteiger partial charge on any atom is 0.243 e. The number of fused-ring (bicyclic) bond motifs is 3. The van der Waals surface area contributed by atoms with Gasteiger partial charge in [-0.15, -0.1) is 0 Å². The Morgan fingerprint density at radius 1 is 0.651 bits per heavy atom. The fraction of sp³-hybridized carbons (Fsp3) is 0.632. The molecule has 0 saturated carbocycles. The molecule has 2 N–H and O–H groups in total. The predicted octanol–water partition coefficient (Wildman–Crippen LogP) is 9.70. The number of benzene rings is 2. The molecule has 238 valence electrons. The van der Waals surface area contributed by atoms with Crippen LogP contribution in [0.3, 0.4) is 0 Å². The van der Waals surface area contributed by atoms with Gasteiger partial charge in [-0.25, -0.2) is 0 Å². The van der Waals surface area contributed by atoms with E-state index in [1.54, 1.807) is 0 Å². The van der Waals surface area contributed by atoms with E-state index in [1.807, 2.05) is 31.2 Å². The van der Waals surface area contributed by atoms with E-state index in [2.05, 4.69) is 60.2 Å². The second-order valence-electron chi connectivity index (χ2n) is 12.8. The van der Waals surface area contributed by atoms with Crippen LogP contribution in [0.1, 0.15) is 130 Å². The maximum atomic E-state index is 13.3. The van der Waals surface area contributed by atoms with E-state index in [9.17, 15) is 9.59 Å². The molecule has 1 heterocycles. The van der Waals surface area contributed by atoms with Crippen molar-refractivity contribution in [3.63, 3.8) is 0 Å². The third-order valence-corrected chi connectivity index (χ3v) is 9.17. The number of carbonyl (C=O) groups is 2. The molecule has 0 bridgehead atoms. The summed E-state index contributed by atoms with van der Waals surface area (Å²) in [6.07, 6.45) is 20.7. The third kappa shape index (κ3) is 11.3. The summed E-state index contributed by atoms with van der Waals surface area (Å²) in [5, 5.41) is 8.57. The number of unbranched alkanes of at least 4 members (excludes halogenated alkanes) is 13. The summed E-state index contributed by atoms with van der Waals surface area (Å²) in [5.74, 6) is -0.148. The van der Waals surface area contributed by atoms with Crippen LogP contribution in [0.15, 0.2) is 48.5 Å². The summed E-state index contributed by atoms with van der Waals surface area (Å²) in [7, 11) is 0. The number of hydrogen-bond donors (Lipinski definition) is 2. The Balaban J connectivity index is 1.37. The molecule has 0 fully saturated rings. The molecule has 2 amide bonds. The molecule has 3 rings (SSSR count). The van der Waals surface area contributed by atoms with Crippen molar-refractivity contribution in [3.05, 3.63) is 48.5 Å². The van der Waals surface area contributed by atoms with Crippen LogP contribution in [0, 0.1) is 5.92 Å². The number of amides is 2. The van der Waals surface area contributed by atoms with Gasteiger partial charge in [-0.3, -0.25) is 9.59 Å². The largest absolute Gasteiger partial charge is 0.352 e. The lowest BCUT2D eigenvalue weighted by Gasteiger charge is -2.26. The third-order valence-electron chi connectivity index (χ3n) is 9.17. The molecule has 0 radical (unpaired) electrons. The first-order chi connectivity index (χ1) is 21.0. The molecule has 0 aliphatic heterocycles. The Morgan fingerprint density at radius 3 is 1.60 bits per heavy atom. The minimum atomic E-state index is -0.538. The molecule has 3 unspecified atom stereocenters. The van der Waals surface area contributed by atoms with E-state index in [-0.39, 0.29) is 30.3 Å². The molecule has 1 aromatic heterocycles. The number of hydrogen-bond acceptors (Lipinski definition) is 2. The van der Waals surface area contributed by atoms with Crippen molar-refractivity contribution in [1.82, 2.24) is 15.2 Å². The lowest BCUT2D eigenvalue weighted by Crippen LogP contribution is -2.52. The lowest BCUT2D eigenvalue weighted by molar-refractivity contribution is -0.130. The highest BCUT2D eigenvalue weighted by molar-refractivity contribution is 6.08. The molecule has 5 nitrogen and oxygen atoms in total. The van der Waals surface area contributed by atoms with Gasteiger partial charge in [0.05, 0.1) is 0 Å². The molecule has 3 aromatic rings. The molecular weight excluding hydrogens is 530 g/mol. The summed E-state index contributed by atoms with van der Waals surface area (Å²) in [4.78, 5) is 26.7.